The average Bonchev–Trinajstić information content (AvgIpc) is 2.50. The Hall–Kier alpha value is -2.50. The van der Waals surface area contributed by atoms with Gasteiger partial charge in [0.1, 0.15) is 12.4 Å². The third-order valence-electron chi connectivity index (χ3n) is 3.39. The van der Waals surface area contributed by atoms with Crippen molar-refractivity contribution in [3.63, 3.8) is 0 Å². The molecule has 1 aliphatic heterocycles. The number of carboxylic acids is 1. The molecule has 0 saturated heterocycles. The molecule has 0 fully saturated rings. The molecule has 1 atom stereocenters. The fraction of sp³-hybridized carbons (Fsp3) is 0.333. The Bertz CT molecular complexity index is 569. The highest BCUT2D eigenvalue weighted by Crippen LogP contribution is 2.35. The number of benzene rings is 1. The van der Waals surface area contributed by atoms with Crippen LogP contribution in [0.5, 0.6) is 5.75 Å². The monoisotopic (exact) mass is 291 g/mol. The maximum atomic E-state index is 12.0. The number of fused-ring (bicyclic) bond motifs is 1. The number of carbonyl (C=O) groups excluding carboxylic acids is 1. The Morgan fingerprint density at radius 3 is 2.90 bits per heavy atom. The molecule has 1 N–H and O–H groups in total. The van der Waals surface area contributed by atoms with Crippen LogP contribution >= 0.6 is 0 Å². The Morgan fingerprint density at radius 1 is 1.52 bits per heavy atom. The number of methoxy groups -OCH3 is 1. The molecule has 1 aliphatic rings. The highest BCUT2D eigenvalue weighted by atomic mass is 16.6. The smallest absolute Gasteiger partial charge is 0.411 e. The van der Waals surface area contributed by atoms with Crippen LogP contribution in [0.2, 0.25) is 0 Å². The first-order valence-corrected chi connectivity index (χ1v) is 6.53. The predicted octanol–water partition coefficient (Wildman–Crippen LogP) is 2.00. The molecule has 1 aromatic rings. The highest BCUT2D eigenvalue weighted by Gasteiger charge is 2.37. The first-order valence-electron chi connectivity index (χ1n) is 6.53. The maximum Gasteiger partial charge on any atom is 0.411 e. The molecular weight excluding hydrogens is 274 g/mol. The summed E-state index contributed by atoms with van der Waals surface area (Å²) in [6, 6.07) is 4.13. The summed E-state index contributed by atoms with van der Waals surface area (Å²) in [5.74, 6) is -0.461. The minimum atomic E-state index is -1.10. The SMILES string of the molecule is C=CCOC(=O)N1CCc2c(OC)cccc2[C@H]1C(=O)O. The number of nitrogens with zero attached hydrogens (tertiary/aromatic N) is 1. The van der Waals surface area contributed by atoms with Crippen LogP contribution in [0.15, 0.2) is 30.9 Å². The van der Waals surface area contributed by atoms with Crippen LogP contribution in [-0.2, 0) is 16.0 Å². The normalized spacial score (nSPS) is 16.8. The van der Waals surface area contributed by atoms with Crippen LogP contribution in [0, 0.1) is 0 Å². The third-order valence-corrected chi connectivity index (χ3v) is 3.39. The van der Waals surface area contributed by atoms with E-state index in [9.17, 15) is 14.7 Å². The van der Waals surface area contributed by atoms with E-state index >= 15 is 0 Å². The van der Waals surface area contributed by atoms with Crippen LogP contribution in [0.1, 0.15) is 17.2 Å². The molecule has 0 aromatic heterocycles. The molecule has 0 unspecified atom stereocenters. The quantitative estimate of drug-likeness (QED) is 0.859. The molecule has 0 spiro atoms. The number of rotatable bonds is 4. The van der Waals surface area contributed by atoms with Crippen LogP contribution in [0.25, 0.3) is 0 Å². The summed E-state index contributed by atoms with van der Waals surface area (Å²) in [5.41, 5.74) is 1.38. The molecule has 0 saturated carbocycles. The fourth-order valence-electron chi connectivity index (χ4n) is 2.50. The standard InChI is InChI=1S/C15H17NO5/c1-3-9-21-15(19)16-8-7-10-11(13(16)14(17)18)5-4-6-12(10)20-2/h3-6,13H,1,7-9H2,2H3,(H,17,18)/t13-/m0/s1. The van der Waals surface area contributed by atoms with Crippen LogP contribution in [0.4, 0.5) is 4.79 Å². The van der Waals surface area contributed by atoms with Crippen molar-refractivity contribution in [3.05, 3.63) is 42.0 Å². The summed E-state index contributed by atoms with van der Waals surface area (Å²) in [4.78, 5) is 24.8. The lowest BCUT2D eigenvalue weighted by atomic mass is 9.92. The van der Waals surface area contributed by atoms with Crippen molar-refractivity contribution in [3.8, 4) is 5.75 Å². The zero-order valence-corrected chi connectivity index (χ0v) is 11.7. The van der Waals surface area contributed by atoms with Gasteiger partial charge in [-0.05, 0) is 18.1 Å². The number of hydrogen-bond acceptors (Lipinski definition) is 4. The zero-order chi connectivity index (χ0) is 15.4. The van der Waals surface area contributed by atoms with E-state index in [4.69, 9.17) is 9.47 Å². The van der Waals surface area contributed by atoms with Gasteiger partial charge in [-0.3, -0.25) is 4.90 Å². The Balaban J connectivity index is 2.37. The molecule has 0 aliphatic carbocycles. The van der Waals surface area contributed by atoms with Gasteiger partial charge < -0.3 is 14.6 Å². The first-order chi connectivity index (χ1) is 10.1. The van der Waals surface area contributed by atoms with E-state index in [2.05, 4.69) is 6.58 Å². The molecule has 2 rings (SSSR count). The van der Waals surface area contributed by atoms with Gasteiger partial charge in [-0.2, -0.15) is 0 Å². The van der Waals surface area contributed by atoms with Gasteiger partial charge in [0.2, 0.25) is 0 Å². The van der Waals surface area contributed by atoms with Gasteiger partial charge in [0, 0.05) is 12.1 Å². The van der Waals surface area contributed by atoms with Crippen LogP contribution in [-0.4, -0.2) is 42.3 Å². The lowest BCUT2D eigenvalue weighted by Crippen LogP contribution is -2.43. The number of aliphatic carboxylic acids is 1. The summed E-state index contributed by atoms with van der Waals surface area (Å²) in [6.45, 7) is 3.77. The third kappa shape index (κ3) is 2.84. The van der Waals surface area contributed by atoms with Gasteiger partial charge in [-0.15, -0.1) is 0 Å². The second-order valence-corrected chi connectivity index (χ2v) is 4.58. The zero-order valence-electron chi connectivity index (χ0n) is 11.7. The van der Waals surface area contributed by atoms with Gasteiger partial charge in [0.05, 0.1) is 7.11 Å². The van der Waals surface area contributed by atoms with Crippen molar-refractivity contribution in [1.29, 1.82) is 0 Å². The molecule has 6 heteroatoms. The van der Waals surface area contributed by atoms with Gasteiger partial charge in [-0.25, -0.2) is 9.59 Å². The second kappa shape index (κ2) is 6.30. The largest absolute Gasteiger partial charge is 0.496 e. The molecule has 1 aromatic carbocycles. The summed E-state index contributed by atoms with van der Waals surface area (Å²) in [7, 11) is 1.54. The van der Waals surface area contributed by atoms with Gasteiger partial charge in [0.25, 0.3) is 0 Å². The van der Waals surface area contributed by atoms with E-state index in [1.807, 2.05) is 0 Å². The predicted molar refractivity (Wildman–Crippen MR) is 75.3 cm³/mol. The first kappa shape index (κ1) is 14.9. The van der Waals surface area contributed by atoms with E-state index in [0.717, 1.165) is 5.56 Å². The molecular formula is C15H17NO5. The molecule has 21 heavy (non-hydrogen) atoms. The summed E-state index contributed by atoms with van der Waals surface area (Å²) < 4.78 is 10.2. The molecule has 112 valence electrons. The number of hydrogen-bond donors (Lipinski definition) is 1. The van der Waals surface area contributed by atoms with Crippen LogP contribution < -0.4 is 4.74 Å². The molecule has 1 heterocycles. The van der Waals surface area contributed by atoms with Gasteiger partial charge in [-0.1, -0.05) is 24.8 Å². The second-order valence-electron chi connectivity index (χ2n) is 4.58. The lowest BCUT2D eigenvalue weighted by Gasteiger charge is -2.34. The van der Waals surface area contributed by atoms with Crippen molar-refractivity contribution in [2.75, 3.05) is 20.3 Å². The van der Waals surface area contributed by atoms with E-state index in [1.165, 1.54) is 18.1 Å². The topological polar surface area (TPSA) is 76.1 Å². The van der Waals surface area contributed by atoms with Crippen molar-refractivity contribution < 1.29 is 24.2 Å². The maximum absolute atomic E-state index is 12.0. The van der Waals surface area contributed by atoms with Crippen molar-refractivity contribution >= 4 is 12.1 Å². The van der Waals surface area contributed by atoms with Gasteiger partial charge >= 0.3 is 12.1 Å². The lowest BCUT2D eigenvalue weighted by molar-refractivity contribution is -0.143. The van der Waals surface area contributed by atoms with E-state index in [0.29, 0.717) is 17.7 Å². The van der Waals surface area contributed by atoms with Gasteiger partial charge in [0.15, 0.2) is 6.04 Å². The average molecular weight is 291 g/mol. The molecule has 0 radical (unpaired) electrons. The van der Waals surface area contributed by atoms with Crippen molar-refractivity contribution in [2.45, 2.75) is 12.5 Å². The van der Waals surface area contributed by atoms with E-state index < -0.39 is 18.1 Å². The number of carbonyl (C=O) groups is 2. The number of carboxylic acid groups (broad SMARTS) is 1. The van der Waals surface area contributed by atoms with E-state index in [1.54, 1.807) is 18.2 Å². The molecule has 6 nitrogen and oxygen atoms in total. The van der Waals surface area contributed by atoms with Crippen LogP contribution in [0.3, 0.4) is 0 Å². The highest BCUT2D eigenvalue weighted by molar-refractivity contribution is 5.83. The van der Waals surface area contributed by atoms with Crippen molar-refractivity contribution in [1.82, 2.24) is 4.90 Å². The number of amides is 1. The fourth-order valence-corrected chi connectivity index (χ4v) is 2.50. The summed E-state index contributed by atoms with van der Waals surface area (Å²) >= 11 is 0. The summed E-state index contributed by atoms with van der Waals surface area (Å²) in [5, 5.41) is 9.48. The summed E-state index contributed by atoms with van der Waals surface area (Å²) in [6.07, 6.45) is 1.30. The minimum absolute atomic E-state index is 0.0483. The molecule has 0 bridgehead atoms. The Morgan fingerprint density at radius 2 is 2.29 bits per heavy atom. The minimum Gasteiger partial charge on any atom is -0.496 e. The number of ether oxygens (including phenoxy) is 2. The van der Waals surface area contributed by atoms with E-state index in [-0.39, 0.29) is 13.2 Å². The molecule has 1 amide bonds. The Kier molecular flexibility index (Phi) is 4.47. The Labute approximate surface area is 122 Å². The van der Waals surface area contributed by atoms with Crippen molar-refractivity contribution in [2.24, 2.45) is 0 Å².